The summed E-state index contributed by atoms with van der Waals surface area (Å²) in [5, 5.41) is 3.95. The van der Waals surface area contributed by atoms with Crippen LogP contribution in [0.5, 0.6) is 0 Å². The highest BCUT2D eigenvalue weighted by Gasteiger charge is 2.12. The van der Waals surface area contributed by atoms with Gasteiger partial charge in [-0.25, -0.2) is 0 Å². The van der Waals surface area contributed by atoms with Crippen LogP contribution in [0.25, 0.3) is 0 Å². The molecular formula is C9H14N2S. The van der Waals surface area contributed by atoms with E-state index in [4.69, 9.17) is 12.2 Å². The lowest BCUT2D eigenvalue weighted by Crippen LogP contribution is -2.09. The maximum absolute atomic E-state index is 5.26. The van der Waals surface area contributed by atoms with E-state index in [-0.39, 0.29) is 0 Å². The predicted octanol–water partition coefficient (Wildman–Crippen LogP) is 2.27. The summed E-state index contributed by atoms with van der Waals surface area (Å²) < 4.78 is 0. The zero-order valence-corrected chi connectivity index (χ0v) is 8.32. The second-order valence-electron chi connectivity index (χ2n) is 2.98. The smallest absolute Gasteiger partial charge is 0.0299 e. The lowest BCUT2D eigenvalue weighted by molar-refractivity contribution is 0.673. The first-order valence-corrected chi connectivity index (χ1v) is 4.66. The fraction of sp³-hybridized carbons (Fsp3) is 0.556. The third-order valence-corrected chi connectivity index (χ3v) is 2.53. The van der Waals surface area contributed by atoms with Crippen molar-refractivity contribution >= 4 is 23.3 Å². The van der Waals surface area contributed by atoms with Gasteiger partial charge in [-0.2, -0.15) is 5.10 Å². The minimum Gasteiger partial charge on any atom is -0.286 e. The van der Waals surface area contributed by atoms with Crippen molar-refractivity contribution in [3.05, 3.63) is 11.8 Å². The molecule has 0 spiro atoms. The van der Waals surface area contributed by atoms with Crippen molar-refractivity contribution in [2.75, 3.05) is 0 Å². The molecule has 0 radical (unpaired) electrons. The fourth-order valence-electron chi connectivity index (χ4n) is 1.12. The topological polar surface area (TPSA) is 24.4 Å². The average molecular weight is 182 g/mol. The van der Waals surface area contributed by atoms with Crippen molar-refractivity contribution in [3.63, 3.8) is 0 Å². The Morgan fingerprint density at radius 3 is 3.17 bits per heavy atom. The molecular weight excluding hydrogens is 168 g/mol. The van der Waals surface area contributed by atoms with Gasteiger partial charge in [0.1, 0.15) is 0 Å². The van der Waals surface area contributed by atoms with Gasteiger partial charge in [-0.15, -0.1) is 0 Å². The van der Waals surface area contributed by atoms with Gasteiger partial charge in [0.05, 0.1) is 0 Å². The van der Waals surface area contributed by atoms with E-state index in [2.05, 4.69) is 24.4 Å². The Balaban J connectivity index is 2.74. The summed E-state index contributed by atoms with van der Waals surface area (Å²) in [6.07, 6.45) is 5.64. The Kier molecular flexibility index (Phi) is 3.41. The molecule has 1 atom stereocenters. The van der Waals surface area contributed by atoms with Gasteiger partial charge in [0.25, 0.3) is 0 Å². The number of nitrogens with one attached hydrogen (secondary N) is 1. The molecule has 0 fully saturated rings. The number of hydrogen-bond donors (Lipinski definition) is 1. The van der Waals surface area contributed by atoms with Gasteiger partial charge >= 0.3 is 0 Å². The van der Waals surface area contributed by atoms with Crippen LogP contribution >= 0.6 is 12.2 Å². The molecule has 12 heavy (non-hydrogen) atoms. The molecule has 0 aromatic heterocycles. The van der Waals surface area contributed by atoms with E-state index in [9.17, 15) is 0 Å². The van der Waals surface area contributed by atoms with E-state index in [0.717, 1.165) is 17.7 Å². The molecule has 1 heterocycles. The number of nitrogens with zero attached hydrogens (tertiary/aromatic N) is 1. The van der Waals surface area contributed by atoms with Crippen molar-refractivity contribution in [2.24, 2.45) is 11.0 Å². The van der Waals surface area contributed by atoms with Gasteiger partial charge in [-0.05, 0) is 17.9 Å². The van der Waals surface area contributed by atoms with Crippen LogP contribution in [0, 0.1) is 5.92 Å². The van der Waals surface area contributed by atoms with Crippen LogP contribution in [0.3, 0.4) is 0 Å². The second kappa shape index (κ2) is 4.36. The van der Waals surface area contributed by atoms with Gasteiger partial charge in [-0.3, -0.25) is 5.43 Å². The summed E-state index contributed by atoms with van der Waals surface area (Å²) in [6.45, 7) is 4.35. The first-order chi connectivity index (χ1) is 5.75. The zero-order valence-electron chi connectivity index (χ0n) is 7.50. The summed E-state index contributed by atoms with van der Waals surface area (Å²) in [5.41, 5.74) is 4.09. The van der Waals surface area contributed by atoms with Crippen molar-refractivity contribution in [3.8, 4) is 0 Å². The highest BCUT2D eigenvalue weighted by molar-refractivity contribution is 7.80. The number of thiocarbonyl (C=S) groups is 1. The number of allylic oxidation sites excluding steroid dienone is 1. The zero-order chi connectivity index (χ0) is 8.97. The second-order valence-corrected chi connectivity index (χ2v) is 3.47. The van der Waals surface area contributed by atoms with Crippen molar-refractivity contribution < 1.29 is 0 Å². The third kappa shape index (κ3) is 2.14. The molecule has 0 aromatic rings. The highest BCUT2D eigenvalue weighted by Crippen LogP contribution is 2.17. The predicted molar refractivity (Wildman–Crippen MR) is 56.4 cm³/mol. The Hall–Kier alpha value is -0.700. The molecule has 0 saturated heterocycles. The van der Waals surface area contributed by atoms with Crippen molar-refractivity contribution in [1.82, 2.24) is 5.43 Å². The lowest BCUT2D eigenvalue weighted by atomic mass is 9.95. The molecule has 1 aliphatic rings. The molecule has 0 amide bonds. The number of hydrazone groups is 1. The summed E-state index contributed by atoms with van der Waals surface area (Å²) in [4.78, 5) is 1.01. The van der Waals surface area contributed by atoms with E-state index in [1.807, 2.05) is 12.4 Å². The highest BCUT2D eigenvalue weighted by atomic mass is 32.1. The van der Waals surface area contributed by atoms with Crippen molar-refractivity contribution in [1.29, 1.82) is 0 Å². The standard InChI is InChI=1S/C9H14N2S/c1-3-7(2)8-6-11-10-5-4-9(8)12/h5-7,11H,3-4H2,1-2H3. The molecule has 1 unspecified atom stereocenters. The van der Waals surface area contributed by atoms with Crippen LogP contribution in [0.4, 0.5) is 0 Å². The van der Waals surface area contributed by atoms with Gasteiger partial charge in [0.2, 0.25) is 0 Å². The SMILES string of the molecule is CCC(C)C1=CNN=CCC1=S. The van der Waals surface area contributed by atoms with E-state index < -0.39 is 0 Å². The largest absolute Gasteiger partial charge is 0.286 e. The molecule has 1 rings (SSSR count). The molecule has 0 bridgehead atoms. The van der Waals surface area contributed by atoms with Crippen LogP contribution in [0.1, 0.15) is 26.7 Å². The summed E-state index contributed by atoms with van der Waals surface area (Å²) in [6, 6.07) is 0. The maximum Gasteiger partial charge on any atom is 0.0299 e. The monoisotopic (exact) mass is 182 g/mol. The molecule has 66 valence electrons. The van der Waals surface area contributed by atoms with Crippen LogP contribution in [0.2, 0.25) is 0 Å². The Morgan fingerprint density at radius 1 is 1.75 bits per heavy atom. The van der Waals surface area contributed by atoms with Gasteiger partial charge in [0.15, 0.2) is 0 Å². The van der Waals surface area contributed by atoms with Crippen LogP contribution in [-0.4, -0.2) is 11.1 Å². The van der Waals surface area contributed by atoms with E-state index >= 15 is 0 Å². The van der Waals surface area contributed by atoms with E-state index in [1.165, 1.54) is 5.57 Å². The van der Waals surface area contributed by atoms with Crippen LogP contribution in [-0.2, 0) is 0 Å². The van der Waals surface area contributed by atoms with Gasteiger partial charge < -0.3 is 0 Å². The first kappa shape index (κ1) is 9.39. The molecule has 0 aliphatic carbocycles. The molecule has 3 heteroatoms. The molecule has 2 nitrogen and oxygen atoms in total. The first-order valence-electron chi connectivity index (χ1n) is 4.26. The Morgan fingerprint density at radius 2 is 2.50 bits per heavy atom. The third-order valence-electron chi connectivity index (χ3n) is 2.13. The Bertz CT molecular complexity index is 231. The minimum atomic E-state index is 0.534. The normalized spacial score (nSPS) is 19.5. The molecule has 0 aromatic carbocycles. The minimum absolute atomic E-state index is 0.534. The van der Waals surface area contributed by atoms with Crippen LogP contribution in [0.15, 0.2) is 16.9 Å². The van der Waals surface area contributed by atoms with Gasteiger partial charge in [0, 0.05) is 23.7 Å². The fourth-order valence-corrected chi connectivity index (χ4v) is 1.46. The number of rotatable bonds is 2. The summed E-state index contributed by atoms with van der Waals surface area (Å²) in [5.74, 6) is 0.534. The molecule has 0 saturated carbocycles. The maximum atomic E-state index is 5.26. The molecule has 1 aliphatic heterocycles. The quantitative estimate of drug-likeness (QED) is 0.662. The summed E-state index contributed by atoms with van der Waals surface area (Å²) in [7, 11) is 0. The van der Waals surface area contributed by atoms with Crippen molar-refractivity contribution in [2.45, 2.75) is 26.7 Å². The van der Waals surface area contributed by atoms with Gasteiger partial charge in [-0.1, -0.05) is 26.1 Å². The van der Waals surface area contributed by atoms with Crippen LogP contribution < -0.4 is 5.43 Å². The van der Waals surface area contributed by atoms with E-state index in [0.29, 0.717) is 5.92 Å². The summed E-state index contributed by atoms with van der Waals surface area (Å²) >= 11 is 5.26. The molecule has 1 N–H and O–H groups in total. The van der Waals surface area contributed by atoms with E-state index in [1.54, 1.807) is 0 Å². The Labute approximate surface area is 78.7 Å². The average Bonchev–Trinajstić information content (AvgIpc) is 2.28. The number of hydrogen-bond acceptors (Lipinski definition) is 3. The lowest BCUT2D eigenvalue weighted by Gasteiger charge is -2.12.